The molecule has 0 radical (unpaired) electrons. The monoisotopic (exact) mass is 301 g/mol. The Balaban J connectivity index is 1.89. The third-order valence-corrected chi connectivity index (χ3v) is 4.35. The highest BCUT2D eigenvalue weighted by atomic mass is 35.5. The van der Waals surface area contributed by atoms with Crippen LogP contribution in [0, 0.1) is 5.41 Å². The lowest BCUT2D eigenvalue weighted by molar-refractivity contribution is 0.279. The normalized spacial score (nSPS) is 17.8. The molecule has 0 unspecified atom stereocenters. The van der Waals surface area contributed by atoms with E-state index in [0.717, 1.165) is 24.5 Å². The van der Waals surface area contributed by atoms with Crippen molar-refractivity contribution >= 4 is 17.4 Å². The van der Waals surface area contributed by atoms with E-state index in [1.54, 1.807) is 0 Å². The van der Waals surface area contributed by atoms with Gasteiger partial charge in [-0.2, -0.15) is 0 Å². The van der Waals surface area contributed by atoms with Gasteiger partial charge in [0, 0.05) is 24.7 Å². The highest BCUT2D eigenvalue weighted by Gasteiger charge is 2.26. The predicted molar refractivity (Wildman–Crippen MR) is 87.7 cm³/mol. The summed E-state index contributed by atoms with van der Waals surface area (Å²) in [5.41, 5.74) is 1.42. The number of benzene rings is 1. The molecule has 1 aromatic carbocycles. The molecule has 1 aliphatic rings. The molecule has 1 aliphatic heterocycles. The topological polar surface area (TPSA) is 29.0 Å². The minimum Gasteiger partial charge on any atom is -0.356 e. The molecule has 4 heteroatoms. The van der Waals surface area contributed by atoms with Crippen molar-refractivity contribution in [1.82, 2.24) is 9.97 Å². The molecule has 21 heavy (non-hydrogen) atoms. The van der Waals surface area contributed by atoms with Crippen molar-refractivity contribution in [1.29, 1.82) is 0 Å². The van der Waals surface area contributed by atoms with Crippen LogP contribution in [-0.4, -0.2) is 23.1 Å². The first-order valence-corrected chi connectivity index (χ1v) is 7.76. The Morgan fingerprint density at radius 1 is 1.05 bits per heavy atom. The van der Waals surface area contributed by atoms with Crippen LogP contribution in [0.15, 0.2) is 36.4 Å². The van der Waals surface area contributed by atoms with Crippen LogP contribution >= 0.6 is 11.6 Å². The molecule has 0 bridgehead atoms. The molecule has 0 atom stereocenters. The van der Waals surface area contributed by atoms with E-state index in [1.165, 1.54) is 12.8 Å². The van der Waals surface area contributed by atoms with Crippen LogP contribution in [0.2, 0.25) is 5.15 Å². The van der Waals surface area contributed by atoms with E-state index in [9.17, 15) is 0 Å². The number of hydrogen-bond acceptors (Lipinski definition) is 3. The standard InChI is InChI=1S/C17H20ClN3/c1-17(2)8-10-21(11-9-17)15-12-14(18)19-16(20-15)13-6-4-3-5-7-13/h3-7,12H,8-11H2,1-2H3. The van der Waals surface area contributed by atoms with Crippen molar-refractivity contribution < 1.29 is 0 Å². The van der Waals surface area contributed by atoms with Crippen LogP contribution in [0.4, 0.5) is 5.82 Å². The van der Waals surface area contributed by atoms with Crippen LogP contribution in [0.1, 0.15) is 26.7 Å². The number of nitrogens with zero attached hydrogens (tertiary/aromatic N) is 3. The molecule has 1 saturated heterocycles. The largest absolute Gasteiger partial charge is 0.356 e. The first kappa shape index (κ1) is 14.3. The Kier molecular flexibility index (Phi) is 3.85. The summed E-state index contributed by atoms with van der Waals surface area (Å²) in [6, 6.07) is 11.9. The van der Waals surface area contributed by atoms with Gasteiger partial charge in [0.1, 0.15) is 11.0 Å². The maximum atomic E-state index is 6.20. The van der Waals surface area contributed by atoms with Gasteiger partial charge in [-0.3, -0.25) is 0 Å². The highest BCUT2D eigenvalue weighted by molar-refractivity contribution is 6.29. The first-order chi connectivity index (χ1) is 10.0. The van der Waals surface area contributed by atoms with Crippen LogP contribution < -0.4 is 4.90 Å². The fourth-order valence-electron chi connectivity index (χ4n) is 2.63. The number of halogens is 1. The number of aromatic nitrogens is 2. The molecule has 3 rings (SSSR count). The van der Waals surface area contributed by atoms with Crippen molar-refractivity contribution in [2.24, 2.45) is 5.41 Å². The van der Waals surface area contributed by atoms with Crippen molar-refractivity contribution in [3.63, 3.8) is 0 Å². The lowest BCUT2D eigenvalue weighted by atomic mass is 9.83. The Labute approximate surface area is 131 Å². The zero-order chi connectivity index (χ0) is 14.9. The van der Waals surface area contributed by atoms with Gasteiger partial charge < -0.3 is 4.90 Å². The average molecular weight is 302 g/mol. The second-order valence-corrected chi connectivity index (χ2v) is 6.78. The summed E-state index contributed by atoms with van der Waals surface area (Å²) >= 11 is 6.20. The van der Waals surface area contributed by atoms with E-state index in [-0.39, 0.29) is 0 Å². The van der Waals surface area contributed by atoms with Crippen LogP contribution in [0.5, 0.6) is 0 Å². The van der Waals surface area contributed by atoms with Crippen LogP contribution in [0.25, 0.3) is 11.4 Å². The highest BCUT2D eigenvalue weighted by Crippen LogP contribution is 2.32. The zero-order valence-electron chi connectivity index (χ0n) is 12.5. The summed E-state index contributed by atoms with van der Waals surface area (Å²) in [4.78, 5) is 11.4. The van der Waals surface area contributed by atoms with Crippen molar-refractivity contribution in [3.8, 4) is 11.4 Å². The average Bonchev–Trinajstić information content (AvgIpc) is 2.47. The summed E-state index contributed by atoms with van der Waals surface area (Å²) < 4.78 is 0. The maximum Gasteiger partial charge on any atom is 0.163 e. The van der Waals surface area contributed by atoms with Gasteiger partial charge in [0.2, 0.25) is 0 Å². The molecule has 2 aromatic rings. The molecule has 110 valence electrons. The third kappa shape index (κ3) is 3.35. The van der Waals surface area contributed by atoms with Gasteiger partial charge in [-0.1, -0.05) is 55.8 Å². The Bertz CT molecular complexity index is 615. The predicted octanol–water partition coefficient (Wildman–Crippen LogP) is 4.42. The van der Waals surface area contributed by atoms with E-state index in [0.29, 0.717) is 16.4 Å². The molecule has 1 fully saturated rings. The summed E-state index contributed by atoms with van der Waals surface area (Å²) in [5, 5.41) is 0.503. The first-order valence-electron chi connectivity index (χ1n) is 7.38. The fourth-order valence-corrected chi connectivity index (χ4v) is 2.80. The van der Waals surface area contributed by atoms with Crippen molar-refractivity contribution in [2.45, 2.75) is 26.7 Å². The fraction of sp³-hybridized carbons (Fsp3) is 0.412. The Hall–Kier alpha value is -1.61. The quantitative estimate of drug-likeness (QED) is 0.769. The number of rotatable bonds is 2. The van der Waals surface area contributed by atoms with Crippen LogP contribution in [0.3, 0.4) is 0 Å². The van der Waals surface area contributed by atoms with Gasteiger partial charge in [-0.25, -0.2) is 9.97 Å². The molecular formula is C17H20ClN3. The molecular weight excluding hydrogens is 282 g/mol. The number of hydrogen-bond donors (Lipinski definition) is 0. The molecule has 3 nitrogen and oxygen atoms in total. The number of piperidine rings is 1. The van der Waals surface area contributed by atoms with E-state index in [2.05, 4.69) is 23.7 Å². The molecule has 0 saturated carbocycles. The van der Waals surface area contributed by atoms with Gasteiger partial charge in [0.25, 0.3) is 0 Å². The van der Waals surface area contributed by atoms with E-state index in [4.69, 9.17) is 16.6 Å². The lowest BCUT2D eigenvalue weighted by Gasteiger charge is -2.37. The Morgan fingerprint density at radius 2 is 1.71 bits per heavy atom. The maximum absolute atomic E-state index is 6.20. The summed E-state index contributed by atoms with van der Waals surface area (Å²) in [5.74, 6) is 1.63. The summed E-state index contributed by atoms with van der Waals surface area (Å²) in [6.45, 7) is 6.70. The van der Waals surface area contributed by atoms with Gasteiger partial charge in [0.05, 0.1) is 0 Å². The second-order valence-electron chi connectivity index (χ2n) is 6.39. The minimum absolute atomic E-state index is 0.426. The summed E-state index contributed by atoms with van der Waals surface area (Å²) in [6.07, 6.45) is 2.35. The van der Waals surface area contributed by atoms with E-state index in [1.807, 2.05) is 36.4 Å². The van der Waals surface area contributed by atoms with Gasteiger partial charge in [-0.15, -0.1) is 0 Å². The van der Waals surface area contributed by atoms with Crippen molar-refractivity contribution in [3.05, 3.63) is 41.6 Å². The zero-order valence-corrected chi connectivity index (χ0v) is 13.3. The molecule has 0 amide bonds. The molecule has 1 aromatic heterocycles. The number of anilines is 1. The van der Waals surface area contributed by atoms with Gasteiger partial charge >= 0.3 is 0 Å². The molecule has 0 spiro atoms. The molecule has 2 heterocycles. The van der Waals surface area contributed by atoms with Crippen molar-refractivity contribution in [2.75, 3.05) is 18.0 Å². The van der Waals surface area contributed by atoms with E-state index >= 15 is 0 Å². The smallest absolute Gasteiger partial charge is 0.163 e. The molecule has 0 aliphatic carbocycles. The van der Waals surface area contributed by atoms with E-state index < -0.39 is 0 Å². The van der Waals surface area contributed by atoms with Crippen LogP contribution in [-0.2, 0) is 0 Å². The summed E-state index contributed by atoms with van der Waals surface area (Å²) in [7, 11) is 0. The molecule has 0 N–H and O–H groups in total. The SMILES string of the molecule is CC1(C)CCN(c2cc(Cl)nc(-c3ccccc3)n2)CC1. The van der Waals surface area contributed by atoms with Gasteiger partial charge in [0.15, 0.2) is 5.82 Å². The lowest BCUT2D eigenvalue weighted by Crippen LogP contribution is -2.37. The third-order valence-electron chi connectivity index (χ3n) is 4.15. The Morgan fingerprint density at radius 3 is 2.38 bits per heavy atom. The van der Waals surface area contributed by atoms with Gasteiger partial charge in [-0.05, 0) is 18.3 Å². The minimum atomic E-state index is 0.426. The second kappa shape index (κ2) is 5.64.